The first-order valence-electron chi connectivity index (χ1n) is 5.91. The van der Waals surface area contributed by atoms with Crippen molar-refractivity contribution in [3.63, 3.8) is 0 Å². The summed E-state index contributed by atoms with van der Waals surface area (Å²) in [5.74, 6) is -0.208. The third-order valence-corrected chi connectivity index (χ3v) is 2.75. The zero-order valence-electron chi connectivity index (χ0n) is 10.1. The molecule has 0 saturated heterocycles. The summed E-state index contributed by atoms with van der Waals surface area (Å²) in [5.41, 5.74) is 8.06. The Labute approximate surface area is 106 Å². The summed E-state index contributed by atoms with van der Waals surface area (Å²) in [5, 5.41) is 3.23. The molecule has 0 saturated carbocycles. The van der Waals surface area contributed by atoms with Gasteiger partial charge < -0.3 is 11.1 Å². The zero-order chi connectivity index (χ0) is 12.8. The lowest BCUT2D eigenvalue weighted by molar-refractivity contribution is 0.610. The minimum atomic E-state index is -0.208. The number of nitrogens with one attached hydrogen (secondary N) is 1. The maximum atomic E-state index is 13.7. The maximum absolute atomic E-state index is 13.7. The molecule has 0 aliphatic rings. The smallest absolute Gasteiger partial charge is 0.128 e. The number of benzene rings is 1. The second-order valence-corrected chi connectivity index (χ2v) is 4.01. The minimum Gasteiger partial charge on any atom is -0.381 e. The first-order chi connectivity index (χ1) is 8.81. The second kappa shape index (κ2) is 6.12. The predicted molar refractivity (Wildman–Crippen MR) is 70.7 cm³/mol. The molecule has 0 spiro atoms. The van der Waals surface area contributed by atoms with Crippen LogP contribution >= 0.6 is 0 Å². The van der Waals surface area contributed by atoms with Crippen molar-refractivity contribution in [3.8, 4) is 0 Å². The topological polar surface area (TPSA) is 50.9 Å². The summed E-state index contributed by atoms with van der Waals surface area (Å²) in [6.07, 6.45) is 4.01. The third kappa shape index (κ3) is 3.05. The van der Waals surface area contributed by atoms with E-state index in [0.717, 1.165) is 11.3 Å². The molecule has 0 amide bonds. The molecule has 4 heteroatoms. The number of nitrogens with zero attached hydrogens (tertiary/aromatic N) is 1. The highest BCUT2D eigenvalue weighted by Crippen LogP contribution is 2.20. The van der Waals surface area contributed by atoms with Crippen molar-refractivity contribution in [2.75, 3.05) is 11.9 Å². The Morgan fingerprint density at radius 1 is 1.17 bits per heavy atom. The Bertz CT molecular complexity index is 500. The van der Waals surface area contributed by atoms with Gasteiger partial charge in [0, 0.05) is 30.2 Å². The first-order valence-corrected chi connectivity index (χ1v) is 5.91. The minimum absolute atomic E-state index is 0.208. The third-order valence-electron chi connectivity index (χ3n) is 2.75. The molecule has 0 unspecified atom stereocenters. The Hall–Kier alpha value is -1.94. The van der Waals surface area contributed by atoms with E-state index in [-0.39, 0.29) is 5.82 Å². The van der Waals surface area contributed by atoms with Crippen LogP contribution in [0.4, 0.5) is 10.1 Å². The highest BCUT2D eigenvalue weighted by Gasteiger charge is 2.07. The standard InChI is InChI=1S/C14H16FN3/c15-13-2-1-3-14(12(13)4-7-16)18-10-11-5-8-17-9-6-11/h1-3,5-6,8-9,18H,4,7,10,16H2. The molecule has 0 atom stereocenters. The molecule has 2 rings (SSSR count). The maximum Gasteiger partial charge on any atom is 0.128 e. The van der Waals surface area contributed by atoms with Crippen LogP contribution in [0.2, 0.25) is 0 Å². The quantitative estimate of drug-likeness (QED) is 0.850. The molecule has 1 aromatic heterocycles. The summed E-state index contributed by atoms with van der Waals surface area (Å²) in [7, 11) is 0. The molecule has 2 aromatic rings. The van der Waals surface area contributed by atoms with Crippen LogP contribution in [0.25, 0.3) is 0 Å². The summed E-state index contributed by atoms with van der Waals surface area (Å²) >= 11 is 0. The van der Waals surface area contributed by atoms with Gasteiger partial charge in [-0.3, -0.25) is 4.98 Å². The van der Waals surface area contributed by atoms with Crippen molar-refractivity contribution in [1.29, 1.82) is 0 Å². The van der Waals surface area contributed by atoms with E-state index in [2.05, 4.69) is 10.3 Å². The molecule has 0 aliphatic heterocycles. The molecular weight excluding hydrogens is 229 g/mol. The van der Waals surface area contributed by atoms with Crippen LogP contribution in [0, 0.1) is 5.82 Å². The Balaban J connectivity index is 2.11. The first kappa shape index (κ1) is 12.5. The van der Waals surface area contributed by atoms with Crippen LogP contribution in [-0.4, -0.2) is 11.5 Å². The van der Waals surface area contributed by atoms with Gasteiger partial charge in [-0.15, -0.1) is 0 Å². The highest BCUT2D eigenvalue weighted by atomic mass is 19.1. The number of aromatic nitrogens is 1. The molecular formula is C14H16FN3. The van der Waals surface area contributed by atoms with Crippen LogP contribution in [0.15, 0.2) is 42.7 Å². The Morgan fingerprint density at radius 3 is 2.67 bits per heavy atom. The van der Waals surface area contributed by atoms with Gasteiger partial charge in [0.2, 0.25) is 0 Å². The fraction of sp³-hybridized carbons (Fsp3) is 0.214. The lowest BCUT2D eigenvalue weighted by Gasteiger charge is -2.12. The van der Waals surface area contributed by atoms with E-state index in [0.29, 0.717) is 25.1 Å². The van der Waals surface area contributed by atoms with Gasteiger partial charge in [-0.2, -0.15) is 0 Å². The average Bonchev–Trinajstić information content (AvgIpc) is 2.41. The molecule has 94 valence electrons. The summed E-state index contributed by atoms with van der Waals surface area (Å²) in [6.45, 7) is 1.08. The number of nitrogens with two attached hydrogens (primary N) is 1. The molecule has 18 heavy (non-hydrogen) atoms. The number of hydrogen-bond donors (Lipinski definition) is 2. The Kier molecular flexibility index (Phi) is 4.25. The summed E-state index contributed by atoms with van der Waals surface area (Å²) in [4.78, 5) is 3.96. The normalized spacial score (nSPS) is 10.3. The van der Waals surface area contributed by atoms with Crippen LogP contribution in [-0.2, 0) is 13.0 Å². The average molecular weight is 245 g/mol. The summed E-state index contributed by atoms with van der Waals surface area (Å²) < 4.78 is 13.7. The number of halogens is 1. The SMILES string of the molecule is NCCc1c(F)cccc1NCc1ccncc1. The molecule has 3 N–H and O–H groups in total. The van der Waals surface area contributed by atoms with Gasteiger partial charge in [-0.05, 0) is 42.8 Å². The van der Waals surface area contributed by atoms with Gasteiger partial charge in [0.15, 0.2) is 0 Å². The molecule has 1 aromatic carbocycles. The fourth-order valence-electron chi connectivity index (χ4n) is 1.82. The van der Waals surface area contributed by atoms with E-state index in [4.69, 9.17) is 5.73 Å². The van der Waals surface area contributed by atoms with Crippen LogP contribution in [0.5, 0.6) is 0 Å². The van der Waals surface area contributed by atoms with Crippen LogP contribution in [0.1, 0.15) is 11.1 Å². The number of pyridine rings is 1. The number of anilines is 1. The van der Waals surface area contributed by atoms with E-state index >= 15 is 0 Å². The summed E-state index contributed by atoms with van der Waals surface area (Å²) in [6, 6.07) is 8.88. The van der Waals surface area contributed by atoms with Gasteiger partial charge in [-0.1, -0.05) is 6.07 Å². The van der Waals surface area contributed by atoms with Crippen molar-refractivity contribution < 1.29 is 4.39 Å². The van der Waals surface area contributed by atoms with E-state index in [1.165, 1.54) is 6.07 Å². The number of hydrogen-bond acceptors (Lipinski definition) is 3. The van der Waals surface area contributed by atoms with E-state index in [1.807, 2.05) is 18.2 Å². The fourth-order valence-corrected chi connectivity index (χ4v) is 1.82. The van der Waals surface area contributed by atoms with Gasteiger partial charge in [0.25, 0.3) is 0 Å². The highest BCUT2D eigenvalue weighted by molar-refractivity contribution is 5.52. The second-order valence-electron chi connectivity index (χ2n) is 4.01. The van der Waals surface area contributed by atoms with Crippen molar-refractivity contribution in [3.05, 3.63) is 59.7 Å². The van der Waals surface area contributed by atoms with E-state index in [1.54, 1.807) is 18.5 Å². The lowest BCUT2D eigenvalue weighted by Crippen LogP contribution is -2.09. The molecule has 1 heterocycles. The van der Waals surface area contributed by atoms with Gasteiger partial charge >= 0.3 is 0 Å². The lowest BCUT2D eigenvalue weighted by atomic mass is 10.1. The van der Waals surface area contributed by atoms with Crippen molar-refractivity contribution >= 4 is 5.69 Å². The molecule has 0 aliphatic carbocycles. The van der Waals surface area contributed by atoms with E-state index in [9.17, 15) is 4.39 Å². The Morgan fingerprint density at radius 2 is 1.94 bits per heavy atom. The van der Waals surface area contributed by atoms with Gasteiger partial charge in [-0.25, -0.2) is 4.39 Å². The van der Waals surface area contributed by atoms with Crippen molar-refractivity contribution in [2.24, 2.45) is 5.73 Å². The largest absolute Gasteiger partial charge is 0.381 e. The van der Waals surface area contributed by atoms with Crippen molar-refractivity contribution in [2.45, 2.75) is 13.0 Å². The molecule has 0 fully saturated rings. The van der Waals surface area contributed by atoms with Crippen LogP contribution < -0.4 is 11.1 Å². The zero-order valence-corrected chi connectivity index (χ0v) is 10.1. The predicted octanol–water partition coefficient (Wildman–Crippen LogP) is 2.33. The van der Waals surface area contributed by atoms with E-state index < -0.39 is 0 Å². The molecule has 3 nitrogen and oxygen atoms in total. The number of rotatable bonds is 5. The van der Waals surface area contributed by atoms with Crippen molar-refractivity contribution in [1.82, 2.24) is 4.98 Å². The van der Waals surface area contributed by atoms with Crippen LogP contribution in [0.3, 0.4) is 0 Å². The van der Waals surface area contributed by atoms with Gasteiger partial charge in [0.05, 0.1) is 0 Å². The molecule has 0 radical (unpaired) electrons. The molecule has 0 bridgehead atoms. The van der Waals surface area contributed by atoms with Gasteiger partial charge in [0.1, 0.15) is 5.82 Å². The monoisotopic (exact) mass is 245 g/mol.